The fourth-order valence-corrected chi connectivity index (χ4v) is 2.79. The van der Waals surface area contributed by atoms with Crippen LogP contribution in [0.1, 0.15) is 35.7 Å². The number of unbranched alkanes of at least 4 members (excludes halogenated alkanes) is 1. The molecule has 0 aromatic heterocycles. The second kappa shape index (κ2) is 13.2. The zero-order valence-corrected chi connectivity index (χ0v) is 19.0. The molecule has 0 saturated carbocycles. The van der Waals surface area contributed by atoms with Crippen LogP contribution in [0, 0.1) is 0 Å². The molecule has 0 saturated heterocycles. The molecule has 0 unspecified atom stereocenters. The number of benzene rings is 2. The van der Waals surface area contributed by atoms with E-state index in [4.69, 9.17) is 9.47 Å². The molecule has 0 fully saturated rings. The quantitative estimate of drug-likeness (QED) is 0.204. The Kier molecular flexibility index (Phi) is 10.3. The van der Waals surface area contributed by atoms with E-state index in [9.17, 15) is 9.59 Å². The second-order valence-corrected chi connectivity index (χ2v) is 7.40. The van der Waals surface area contributed by atoms with Crippen molar-refractivity contribution in [2.75, 3.05) is 19.8 Å². The minimum absolute atomic E-state index is 0.205. The number of ether oxygens (including phenoxy) is 2. The third-order valence-corrected chi connectivity index (χ3v) is 4.51. The number of halogens is 1. The Morgan fingerprint density at radius 2 is 1.94 bits per heavy atom. The topological polar surface area (TPSA) is 89.0 Å². The maximum absolute atomic E-state index is 12.2. The highest BCUT2D eigenvalue weighted by molar-refractivity contribution is 9.10. The molecule has 2 aromatic rings. The van der Waals surface area contributed by atoms with Gasteiger partial charge >= 0.3 is 0 Å². The fourth-order valence-electron chi connectivity index (χ4n) is 2.41. The highest BCUT2D eigenvalue weighted by atomic mass is 79.9. The third-order valence-electron chi connectivity index (χ3n) is 4.01. The summed E-state index contributed by atoms with van der Waals surface area (Å²) in [6, 6.07) is 12.2. The molecule has 0 heterocycles. The maximum Gasteiger partial charge on any atom is 0.259 e. The van der Waals surface area contributed by atoms with Crippen molar-refractivity contribution in [2.45, 2.75) is 19.8 Å². The SMILES string of the molecule is C=CCOc1ccc(Br)cc1/C=N/NC(=O)CNC(=O)c1ccc(OCCCC)cc1. The van der Waals surface area contributed by atoms with Crippen molar-refractivity contribution in [1.82, 2.24) is 10.7 Å². The van der Waals surface area contributed by atoms with Crippen molar-refractivity contribution < 1.29 is 19.1 Å². The van der Waals surface area contributed by atoms with Crippen molar-refractivity contribution in [1.29, 1.82) is 0 Å². The Labute approximate surface area is 190 Å². The molecule has 0 aliphatic carbocycles. The van der Waals surface area contributed by atoms with Crippen LogP contribution in [-0.4, -0.2) is 37.8 Å². The van der Waals surface area contributed by atoms with Crippen LogP contribution in [0.3, 0.4) is 0 Å². The lowest BCUT2D eigenvalue weighted by atomic mass is 10.2. The van der Waals surface area contributed by atoms with E-state index >= 15 is 0 Å². The van der Waals surface area contributed by atoms with Crippen LogP contribution in [0.5, 0.6) is 11.5 Å². The van der Waals surface area contributed by atoms with Gasteiger partial charge in [-0.25, -0.2) is 5.43 Å². The van der Waals surface area contributed by atoms with Gasteiger partial charge in [-0.2, -0.15) is 5.10 Å². The summed E-state index contributed by atoms with van der Waals surface area (Å²) in [6.45, 7) is 6.50. The van der Waals surface area contributed by atoms with Crippen LogP contribution in [0.25, 0.3) is 0 Å². The first-order valence-electron chi connectivity index (χ1n) is 9.89. The standard InChI is InChI=1S/C23H26BrN3O4/c1-3-5-13-30-20-9-6-17(7-10-20)23(29)25-16-22(28)27-26-15-18-14-19(24)8-11-21(18)31-12-4-2/h4,6-11,14-15H,2-3,5,12-13,16H2,1H3,(H,25,29)(H,27,28)/b26-15+. The summed E-state index contributed by atoms with van der Waals surface area (Å²) in [4.78, 5) is 24.2. The zero-order chi connectivity index (χ0) is 22.5. The van der Waals surface area contributed by atoms with Crippen molar-refractivity contribution in [3.63, 3.8) is 0 Å². The lowest BCUT2D eigenvalue weighted by Crippen LogP contribution is -2.34. The first kappa shape index (κ1) is 24.1. The van der Waals surface area contributed by atoms with Gasteiger partial charge in [-0.3, -0.25) is 9.59 Å². The number of rotatable bonds is 12. The van der Waals surface area contributed by atoms with Gasteiger partial charge in [-0.1, -0.05) is 41.9 Å². The number of hydrogen-bond donors (Lipinski definition) is 2. The van der Waals surface area contributed by atoms with E-state index < -0.39 is 5.91 Å². The van der Waals surface area contributed by atoms with Crippen molar-refractivity contribution in [2.24, 2.45) is 5.10 Å². The summed E-state index contributed by atoms with van der Waals surface area (Å²) in [5.41, 5.74) is 3.51. The van der Waals surface area contributed by atoms with Gasteiger partial charge in [0.25, 0.3) is 11.8 Å². The molecule has 2 rings (SSSR count). The average molecular weight is 488 g/mol. The van der Waals surface area contributed by atoms with Crippen LogP contribution in [-0.2, 0) is 4.79 Å². The van der Waals surface area contributed by atoms with Gasteiger partial charge in [-0.15, -0.1) is 0 Å². The third kappa shape index (κ3) is 8.64. The first-order valence-corrected chi connectivity index (χ1v) is 10.7. The van der Waals surface area contributed by atoms with Gasteiger partial charge in [0.05, 0.1) is 19.4 Å². The molecule has 0 aliphatic heterocycles. The number of amides is 2. The predicted molar refractivity (Wildman–Crippen MR) is 125 cm³/mol. The fraction of sp³-hybridized carbons (Fsp3) is 0.261. The Balaban J connectivity index is 1.82. The number of hydrazone groups is 1. The van der Waals surface area contributed by atoms with E-state index in [1.807, 2.05) is 12.1 Å². The molecule has 2 aromatic carbocycles. The normalized spacial score (nSPS) is 10.5. The van der Waals surface area contributed by atoms with Crippen molar-refractivity contribution in [3.05, 3.63) is 70.7 Å². The van der Waals surface area contributed by atoms with Crippen LogP contribution in [0.4, 0.5) is 0 Å². The smallest absolute Gasteiger partial charge is 0.259 e. The number of carbonyl (C=O) groups excluding carboxylic acids is 2. The molecule has 0 aliphatic rings. The molecule has 8 heteroatoms. The van der Waals surface area contributed by atoms with E-state index in [0.29, 0.717) is 35.8 Å². The summed E-state index contributed by atoms with van der Waals surface area (Å²) < 4.78 is 12.0. The van der Waals surface area contributed by atoms with Gasteiger partial charge in [0, 0.05) is 15.6 Å². The Bertz CT molecular complexity index is 914. The van der Waals surface area contributed by atoms with Gasteiger partial charge in [0.1, 0.15) is 18.1 Å². The lowest BCUT2D eigenvalue weighted by molar-refractivity contribution is -0.120. The van der Waals surface area contributed by atoms with Crippen LogP contribution < -0.4 is 20.2 Å². The predicted octanol–water partition coefficient (Wildman–Crippen LogP) is 4.07. The van der Waals surface area contributed by atoms with E-state index in [-0.39, 0.29) is 12.5 Å². The minimum Gasteiger partial charge on any atom is -0.494 e. The van der Waals surface area contributed by atoms with Crippen molar-refractivity contribution >= 4 is 34.0 Å². The van der Waals surface area contributed by atoms with Gasteiger partial charge in [0.2, 0.25) is 0 Å². The molecular weight excluding hydrogens is 462 g/mol. The van der Waals surface area contributed by atoms with E-state index in [2.05, 4.69) is 45.3 Å². The molecule has 164 valence electrons. The van der Waals surface area contributed by atoms with E-state index in [1.165, 1.54) is 6.21 Å². The lowest BCUT2D eigenvalue weighted by Gasteiger charge is -2.08. The van der Waals surface area contributed by atoms with Gasteiger partial charge in [-0.05, 0) is 48.9 Å². The number of nitrogens with zero attached hydrogens (tertiary/aromatic N) is 1. The van der Waals surface area contributed by atoms with E-state index in [0.717, 1.165) is 17.3 Å². The highest BCUT2D eigenvalue weighted by Gasteiger charge is 2.08. The van der Waals surface area contributed by atoms with Crippen LogP contribution in [0.2, 0.25) is 0 Å². The number of hydrogen-bond acceptors (Lipinski definition) is 5. The van der Waals surface area contributed by atoms with Gasteiger partial charge < -0.3 is 14.8 Å². The number of nitrogens with one attached hydrogen (secondary N) is 2. The molecule has 2 amide bonds. The van der Waals surface area contributed by atoms with Crippen LogP contribution in [0.15, 0.2) is 64.7 Å². The molecule has 0 radical (unpaired) electrons. The summed E-state index contributed by atoms with van der Waals surface area (Å²) in [5, 5.41) is 6.49. The first-order chi connectivity index (χ1) is 15.0. The summed E-state index contributed by atoms with van der Waals surface area (Å²) >= 11 is 3.39. The zero-order valence-electron chi connectivity index (χ0n) is 17.4. The summed E-state index contributed by atoms with van der Waals surface area (Å²) in [5.74, 6) is 0.511. The monoisotopic (exact) mass is 487 g/mol. The Hall–Kier alpha value is -3.13. The van der Waals surface area contributed by atoms with Crippen LogP contribution >= 0.6 is 15.9 Å². The summed E-state index contributed by atoms with van der Waals surface area (Å²) in [6.07, 6.45) is 5.14. The van der Waals surface area contributed by atoms with E-state index in [1.54, 1.807) is 36.4 Å². The highest BCUT2D eigenvalue weighted by Crippen LogP contribution is 2.21. The molecule has 7 nitrogen and oxygen atoms in total. The molecule has 2 N–H and O–H groups in total. The second-order valence-electron chi connectivity index (χ2n) is 6.48. The molecule has 0 atom stereocenters. The number of carbonyl (C=O) groups is 2. The Morgan fingerprint density at radius 3 is 2.65 bits per heavy atom. The minimum atomic E-state index is -0.451. The Morgan fingerprint density at radius 1 is 1.16 bits per heavy atom. The molecular formula is C23H26BrN3O4. The molecule has 0 spiro atoms. The largest absolute Gasteiger partial charge is 0.494 e. The maximum atomic E-state index is 12.2. The average Bonchev–Trinajstić information content (AvgIpc) is 2.77. The summed E-state index contributed by atoms with van der Waals surface area (Å²) in [7, 11) is 0. The molecule has 0 bridgehead atoms. The van der Waals surface area contributed by atoms with Crippen molar-refractivity contribution in [3.8, 4) is 11.5 Å². The van der Waals surface area contributed by atoms with Gasteiger partial charge in [0.15, 0.2) is 0 Å². The molecule has 31 heavy (non-hydrogen) atoms.